The summed E-state index contributed by atoms with van der Waals surface area (Å²) < 4.78 is 0. The van der Waals surface area contributed by atoms with E-state index in [9.17, 15) is 20.2 Å². The van der Waals surface area contributed by atoms with E-state index in [2.05, 4.69) is 78.1 Å². The first kappa shape index (κ1) is 25.9. The molecule has 0 fully saturated rings. The summed E-state index contributed by atoms with van der Waals surface area (Å²) >= 11 is 6.00. The third-order valence-electron chi connectivity index (χ3n) is 6.55. The van der Waals surface area contributed by atoms with E-state index in [-0.39, 0.29) is 21.8 Å². The van der Waals surface area contributed by atoms with Crippen molar-refractivity contribution in [3.8, 4) is 0 Å². The van der Waals surface area contributed by atoms with Gasteiger partial charge < -0.3 is 5.32 Å². The second-order valence-electron chi connectivity index (χ2n) is 8.72. The lowest BCUT2D eigenvalue weighted by Gasteiger charge is -2.36. The number of benzene rings is 4. The highest BCUT2D eigenvalue weighted by molar-refractivity contribution is 6.33. The summed E-state index contributed by atoms with van der Waals surface area (Å²) in [5.74, 6) is 0. The Morgan fingerprint density at radius 3 is 1.57 bits per heavy atom. The molecule has 0 unspecified atom stereocenters. The van der Waals surface area contributed by atoms with Crippen LogP contribution in [0.3, 0.4) is 0 Å². The average molecular weight is 516 g/mol. The van der Waals surface area contributed by atoms with Crippen molar-refractivity contribution in [1.82, 2.24) is 0 Å². The Morgan fingerprint density at radius 2 is 1.14 bits per heavy atom. The molecule has 4 aromatic rings. The topological polar surface area (TPSA) is 98.3 Å². The Kier molecular flexibility index (Phi) is 8.15. The molecule has 0 aromatic heterocycles. The van der Waals surface area contributed by atoms with Crippen molar-refractivity contribution < 1.29 is 9.85 Å². The number of rotatable bonds is 11. The van der Waals surface area contributed by atoms with Crippen LogP contribution in [0.4, 0.5) is 17.1 Å². The van der Waals surface area contributed by atoms with Crippen LogP contribution >= 0.6 is 11.6 Å². The number of nitrogens with zero attached hydrogens (tertiary/aromatic N) is 2. The molecule has 0 saturated carbocycles. The quantitative estimate of drug-likeness (QED) is 0.0951. The summed E-state index contributed by atoms with van der Waals surface area (Å²) in [6.45, 7) is 0.448. The summed E-state index contributed by atoms with van der Waals surface area (Å²) in [7, 11) is 0. The van der Waals surface area contributed by atoms with Crippen molar-refractivity contribution in [3.05, 3.63) is 145 Å². The van der Waals surface area contributed by atoms with E-state index in [1.807, 2.05) is 18.2 Å². The van der Waals surface area contributed by atoms with Crippen molar-refractivity contribution in [2.45, 2.75) is 24.7 Å². The second-order valence-corrected chi connectivity index (χ2v) is 9.13. The number of hydrogen-bond donors (Lipinski definition) is 1. The van der Waals surface area contributed by atoms with Gasteiger partial charge in [0.05, 0.1) is 15.9 Å². The number of unbranched alkanes of at least 4 members (excludes halogenated alkanes) is 1. The molecular formula is C29H26ClN3O4. The van der Waals surface area contributed by atoms with Crippen LogP contribution in [0.15, 0.2) is 103 Å². The standard InChI is InChI=1S/C29H26ClN3O4/c30-25-20-26(28(33(36)37)21-27(25)32(34)35)31-19-11-10-18-29(22-12-4-1-5-13-22,23-14-6-2-7-15-23)24-16-8-3-9-17-24/h1-9,12-17,20-21,31H,10-11,18-19H2. The maximum absolute atomic E-state index is 11.5. The molecule has 0 saturated heterocycles. The Balaban J connectivity index is 1.58. The number of nitrogens with one attached hydrogen (secondary N) is 1. The second kappa shape index (κ2) is 11.7. The van der Waals surface area contributed by atoms with Gasteiger partial charge in [-0.1, -0.05) is 109 Å². The van der Waals surface area contributed by atoms with Crippen molar-refractivity contribution in [2.75, 3.05) is 11.9 Å². The molecule has 0 heterocycles. The summed E-state index contributed by atoms with van der Waals surface area (Å²) in [5, 5.41) is 25.5. The monoisotopic (exact) mass is 515 g/mol. The van der Waals surface area contributed by atoms with Gasteiger partial charge in [0.2, 0.25) is 0 Å². The lowest BCUT2D eigenvalue weighted by molar-refractivity contribution is -0.393. The molecule has 0 radical (unpaired) electrons. The normalized spacial score (nSPS) is 11.2. The minimum atomic E-state index is -0.727. The van der Waals surface area contributed by atoms with E-state index < -0.39 is 15.5 Å². The summed E-state index contributed by atoms with van der Waals surface area (Å²) in [6, 6.07) is 33.4. The lowest BCUT2D eigenvalue weighted by Crippen LogP contribution is -2.29. The molecule has 188 valence electrons. The third kappa shape index (κ3) is 5.62. The van der Waals surface area contributed by atoms with E-state index in [1.165, 1.54) is 22.8 Å². The zero-order valence-electron chi connectivity index (χ0n) is 20.0. The predicted octanol–water partition coefficient (Wildman–Crippen LogP) is 7.77. The van der Waals surface area contributed by atoms with Gasteiger partial charge in [0.1, 0.15) is 10.7 Å². The highest BCUT2D eigenvalue weighted by Gasteiger charge is 2.35. The van der Waals surface area contributed by atoms with E-state index in [0.717, 1.165) is 25.3 Å². The maximum atomic E-state index is 11.5. The van der Waals surface area contributed by atoms with E-state index in [4.69, 9.17) is 11.6 Å². The minimum Gasteiger partial charge on any atom is -0.379 e. The van der Waals surface area contributed by atoms with Gasteiger partial charge in [-0.25, -0.2) is 0 Å². The first-order valence-corrected chi connectivity index (χ1v) is 12.3. The minimum absolute atomic E-state index is 0.144. The Labute approximate surface area is 220 Å². The van der Waals surface area contributed by atoms with Crippen LogP contribution in [0, 0.1) is 20.2 Å². The number of anilines is 1. The molecule has 4 rings (SSSR count). The van der Waals surface area contributed by atoms with Crippen LogP contribution in [0.25, 0.3) is 0 Å². The van der Waals surface area contributed by atoms with Gasteiger partial charge in [0.25, 0.3) is 11.4 Å². The summed E-state index contributed by atoms with van der Waals surface area (Å²) in [4.78, 5) is 21.3. The highest BCUT2D eigenvalue weighted by atomic mass is 35.5. The molecule has 0 bridgehead atoms. The van der Waals surface area contributed by atoms with E-state index >= 15 is 0 Å². The largest absolute Gasteiger partial charge is 0.379 e. The zero-order valence-corrected chi connectivity index (χ0v) is 20.8. The van der Waals surface area contributed by atoms with Crippen LogP contribution in [0.1, 0.15) is 36.0 Å². The van der Waals surface area contributed by atoms with Gasteiger partial charge in [-0.05, 0) is 35.6 Å². The molecular weight excluding hydrogens is 490 g/mol. The fourth-order valence-corrected chi connectivity index (χ4v) is 5.06. The highest BCUT2D eigenvalue weighted by Crippen LogP contribution is 2.43. The molecule has 0 aliphatic rings. The van der Waals surface area contributed by atoms with Gasteiger partial charge in [-0.15, -0.1) is 0 Å². The Morgan fingerprint density at radius 1 is 0.676 bits per heavy atom. The van der Waals surface area contributed by atoms with E-state index in [1.54, 1.807) is 0 Å². The molecule has 4 aromatic carbocycles. The zero-order chi connectivity index (χ0) is 26.3. The average Bonchev–Trinajstić information content (AvgIpc) is 2.92. The van der Waals surface area contributed by atoms with Crippen molar-refractivity contribution in [1.29, 1.82) is 0 Å². The SMILES string of the molecule is O=[N+]([O-])c1cc([N+](=O)[O-])c(NCCCCC(c2ccccc2)(c2ccccc2)c2ccccc2)cc1Cl. The number of nitro benzene ring substituents is 2. The first-order valence-electron chi connectivity index (χ1n) is 12.0. The molecule has 0 amide bonds. The first-order chi connectivity index (χ1) is 17.9. The van der Waals surface area contributed by atoms with Gasteiger partial charge in [-0.2, -0.15) is 0 Å². The van der Waals surface area contributed by atoms with Crippen LogP contribution in [0.2, 0.25) is 5.02 Å². The number of nitro groups is 2. The van der Waals surface area contributed by atoms with Gasteiger partial charge in [0, 0.05) is 12.0 Å². The Bertz CT molecular complexity index is 1270. The summed E-state index contributed by atoms with van der Waals surface area (Å²) in [6.07, 6.45) is 2.36. The smallest absolute Gasteiger partial charge is 0.299 e. The van der Waals surface area contributed by atoms with Gasteiger partial charge in [0.15, 0.2) is 0 Å². The number of halogens is 1. The van der Waals surface area contributed by atoms with Crippen LogP contribution < -0.4 is 5.32 Å². The molecule has 0 atom stereocenters. The molecule has 0 aliphatic heterocycles. The van der Waals surface area contributed by atoms with E-state index in [0.29, 0.717) is 6.54 Å². The fourth-order valence-electron chi connectivity index (χ4n) is 4.82. The van der Waals surface area contributed by atoms with Crippen molar-refractivity contribution in [3.63, 3.8) is 0 Å². The van der Waals surface area contributed by atoms with Gasteiger partial charge >= 0.3 is 0 Å². The number of hydrogen-bond acceptors (Lipinski definition) is 5. The fraction of sp³-hybridized carbons (Fsp3) is 0.172. The molecule has 7 nitrogen and oxygen atoms in total. The summed E-state index contributed by atoms with van der Waals surface area (Å²) in [5.41, 5.74) is 2.52. The molecule has 37 heavy (non-hydrogen) atoms. The van der Waals surface area contributed by atoms with Crippen LogP contribution in [-0.4, -0.2) is 16.4 Å². The molecule has 0 aliphatic carbocycles. The predicted molar refractivity (Wildman–Crippen MR) is 146 cm³/mol. The Hall–Kier alpha value is -4.23. The maximum Gasteiger partial charge on any atom is 0.299 e. The van der Waals surface area contributed by atoms with Crippen LogP contribution in [0.5, 0.6) is 0 Å². The van der Waals surface area contributed by atoms with Crippen molar-refractivity contribution in [2.24, 2.45) is 0 Å². The molecule has 1 N–H and O–H groups in total. The third-order valence-corrected chi connectivity index (χ3v) is 6.86. The van der Waals surface area contributed by atoms with Crippen LogP contribution in [-0.2, 0) is 5.41 Å². The van der Waals surface area contributed by atoms with Gasteiger partial charge in [-0.3, -0.25) is 20.2 Å². The lowest BCUT2D eigenvalue weighted by atomic mass is 9.66. The molecule has 0 spiro atoms. The van der Waals surface area contributed by atoms with Crippen molar-refractivity contribution >= 4 is 28.7 Å². The molecule has 8 heteroatoms.